The standard InChI is InChI=1S/C20H21NO5/c1-11(2)25-14-7-5-6-13(10-14)17-16(19(23)20(24)21(17)4)18(22)15-9-8-12(3)26-15/h5-11,17,23H,1-4H3. The number of hydrogen-bond donors (Lipinski definition) is 1. The molecule has 0 radical (unpaired) electrons. The van der Waals surface area contributed by atoms with Gasteiger partial charge >= 0.3 is 0 Å². The maximum Gasteiger partial charge on any atom is 0.289 e. The summed E-state index contributed by atoms with van der Waals surface area (Å²) in [6.07, 6.45) is -0.00988. The molecule has 0 aliphatic carbocycles. The number of carbonyl (C=O) groups excluding carboxylic acids is 2. The first kappa shape index (κ1) is 17.8. The molecular weight excluding hydrogens is 334 g/mol. The van der Waals surface area contributed by atoms with E-state index in [-0.39, 0.29) is 17.4 Å². The van der Waals surface area contributed by atoms with Gasteiger partial charge in [-0.25, -0.2) is 0 Å². The molecule has 1 aliphatic rings. The molecule has 3 rings (SSSR count). The second-order valence-electron chi connectivity index (χ2n) is 6.56. The Hall–Kier alpha value is -3.02. The minimum Gasteiger partial charge on any atom is -0.503 e. The third-order valence-electron chi connectivity index (χ3n) is 4.19. The number of ketones is 1. The van der Waals surface area contributed by atoms with Crippen molar-refractivity contribution in [1.82, 2.24) is 4.90 Å². The van der Waals surface area contributed by atoms with Crippen LogP contribution in [0.4, 0.5) is 0 Å². The molecule has 1 atom stereocenters. The molecule has 0 saturated carbocycles. The van der Waals surface area contributed by atoms with Gasteiger partial charge in [-0.1, -0.05) is 12.1 Å². The molecule has 1 aliphatic heterocycles. The highest BCUT2D eigenvalue weighted by atomic mass is 16.5. The smallest absolute Gasteiger partial charge is 0.289 e. The van der Waals surface area contributed by atoms with Crippen LogP contribution in [0.15, 0.2) is 52.1 Å². The SMILES string of the molecule is Cc1ccc(C(=O)C2=C(O)C(=O)N(C)C2c2cccc(OC(C)C)c2)o1. The summed E-state index contributed by atoms with van der Waals surface area (Å²) in [6.45, 7) is 5.55. The molecule has 0 bridgehead atoms. The van der Waals surface area contributed by atoms with Crippen molar-refractivity contribution in [3.8, 4) is 5.75 Å². The zero-order chi connectivity index (χ0) is 19.0. The summed E-state index contributed by atoms with van der Waals surface area (Å²) in [6, 6.07) is 9.65. The van der Waals surface area contributed by atoms with Crippen LogP contribution in [0, 0.1) is 6.92 Å². The predicted molar refractivity (Wildman–Crippen MR) is 95.1 cm³/mol. The average Bonchev–Trinajstić information content (AvgIpc) is 3.11. The Morgan fingerprint density at radius 1 is 1.27 bits per heavy atom. The first-order chi connectivity index (χ1) is 12.3. The number of hydrogen-bond acceptors (Lipinski definition) is 5. The molecule has 2 aromatic rings. The second-order valence-corrected chi connectivity index (χ2v) is 6.56. The van der Waals surface area contributed by atoms with E-state index in [2.05, 4.69) is 0 Å². The van der Waals surface area contributed by atoms with Gasteiger partial charge in [-0.3, -0.25) is 9.59 Å². The normalized spacial score (nSPS) is 17.3. The topological polar surface area (TPSA) is 80.0 Å². The van der Waals surface area contributed by atoms with Gasteiger partial charge in [-0.2, -0.15) is 0 Å². The van der Waals surface area contributed by atoms with Crippen LogP contribution in [-0.2, 0) is 4.79 Å². The van der Waals surface area contributed by atoms with Crippen molar-refractivity contribution in [3.05, 3.63) is 64.8 Å². The third-order valence-corrected chi connectivity index (χ3v) is 4.19. The Balaban J connectivity index is 2.04. The van der Waals surface area contributed by atoms with Gasteiger partial charge in [0, 0.05) is 7.05 Å². The molecule has 26 heavy (non-hydrogen) atoms. The number of Topliss-reactive ketones (excluding diaryl/α,β-unsaturated/α-hetero) is 1. The van der Waals surface area contributed by atoms with Crippen LogP contribution in [0.25, 0.3) is 0 Å². The number of benzene rings is 1. The predicted octanol–water partition coefficient (Wildman–Crippen LogP) is 3.58. The minimum atomic E-state index is -0.712. The van der Waals surface area contributed by atoms with Crippen molar-refractivity contribution in [2.45, 2.75) is 32.9 Å². The number of furan rings is 1. The van der Waals surface area contributed by atoms with Crippen LogP contribution in [-0.4, -0.2) is 34.8 Å². The highest BCUT2D eigenvalue weighted by Crippen LogP contribution is 2.39. The van der Waals surface area contributed by atoms with E-state index in [9.17, 15) is 14.7 Å². The lowest BCUT2D eigenvalue weighted by Crippen LogP contribution is -2.26. The van der Waals surface area contributed by atoms with Crippen LogP contribution in [0.3, 0.4) is 0 Å². The maximum atomic E-state index is 12.9. The maximum absolute atomic E-state index is 12.9. The van der Waals surface area contributed by atoms with Gasteiger partial charge in [0.2, 0.25) is 5.78 Å². The fraction of sp³-hybridized carbons (Fsp3) is 0.300. The monoisotopic (exact) mass is 355 g/mol. The Labute approximate surface area is 151 Å². The molecule has 0 fully saturated rings. The molecule has 2 heterocycles. The van der Waals surface area contributed by atoms with Crippen molar-refractivity contribution >= 4 is 11.7 Å². The van der Waals surface area contributed by atoms with Gasteiger partial charge in [-0.15, -0.1) is 0 Å². The Bertz CT molecular complexity index is 893. The lowest BCUT2D eigenvalue weighted by molar-refractivity contribution is -0.128. The zero-order valence-corrected chi connectivity index (χ0v) is 15.1. The fourth-order valence-corrected chi connectivity index (χ4v) is 3.06. The molecular formula is C20H21NO5. The first-order valence-electron chi connectivity index (χ1n) is 8.37. The van der Waals surface area contributed by atoms with E-state index in [1.807, 2.05) is 13.8 Å². The Kier molecular flexibility index (Phi) is 4.59. The van der Waals surface area contributed by atoms with Gasteiger partial charge in [0.05, 0.1) is 17.7 Å². The van der Waals surface area contributed by atoms with Gasteiger partial charge in [0.15, 0.2) is 11.5 Å². The van der Waals surface area contributed by atoms with Crippen LogP contribution >= 0.6 is 0 Å². The van der Waals surface area contributed by atoms with Crippen LogP contribution in [0.2, 0.25) is 0 Å². The molecule has 1 N–H and O–H groups in total. The van der Waals surface area contributed by atoms with Crippen molar-refractivity contribution in [1.29, 1.82) is 0 Å². The number of aryl methyl sites for hydroxylation is 1. The van der Waals surface area contributed by atoms with Gasteiger partial charge < -0.3 is 19.2 Å². The molecule has 136 valence electrons. The van der Waals surface area contributed by atoms with Gasteiger partial charge in [-0.05, 0) is 50.6 Å². The van der Waals surface area contributed by atoms with E-state index in [0.29, 0.717) is 17.1 Å². The van der Waals surface area contributed by atoms with E-state index in [1.165, 1.54) is 11.0 Å². The molecule has 1 unspecified atom stereocenters. The number of aliphatic hydroxyl groups is 1. The van der Waals surface area contributed by atoms with E-state index in [0.717, 1.165) is 0 Å². The number of rotatable bonds is 5. The van der Waals surface area contributed by atoms with E-state index in [4.69, 9.17) is 9.15 Å². The Morgan fingerprint density at radius 3 is 2.62 bits per heavy atom. The van der Waals surface area contributed by atoms with Gasteiger partial charge in [0.1, 0.15) is 11.5 Å². The largest absolute Gasteiger partial charge is 0.503 e. The minimum absolute atomic E-state index is 0.00791. The summed E-state index contributed by atoms with van der Waals surface area (Å²) >= 11 is 0. The average molecular weight is 355 g/mol. The van der Waals surface area contributed by atoms with E-state index >= 15 is 0 Å². The fourth-order valence-electron chi connectivity index (χ4n) is 3.06. The zero-order valence-electron chi connectivity index (χ0n) is 15.1. The lowest BCUT2D eigenvalue weighted by atomic mass is 9.95. The number of aliphatic hydroxyl groups excluding tert-OH is 1. The van der Waals surface area contributed by atoms with Crippen LogP contribution in [0.5, 0.6) is 5.75 Å². The summed E-state index contributed by atoms with van der Waals surface area (Å²) in [4.78, 5) is 26.5. The first-order valence-corrected chi connectivity index (χ1v) is 8.37. The van der Waals surface area contributed by atoms with E-state index < -0.39 is 23.5 Å². The summed E-state index contributed by atoms with van der Waals surface area (Å²) in [5, 5.41) is 10.3. The molecule has 0 saturated heterocycles. The van der Waals surface area contributed by atoms with Crippen molar-refractivity contribution in [2.24, 2.45) is 0 Å². The highest BCUT2D eigenvalue weighted by Gasteiger charge is 2.42. The summed E-state index contributed by atoms with van der Waals surface area (Å²) in [5.74, 6) is -0.357. The van der Waals surface area contributed by atoms with E-state index in [1.54, 1.807) is 44.3 Å². The number of amides is 1. The number of likely N-dealkylation sites (N-methyl/N-ethyl adjacent to an activating group) is 1. The summed E-state index contributed by atoms with van der Waals surface area (Å²) < 4.78 is 11.1. The van der Waals surface area contributed by atoms with Crippen LogP contribution < -0.4 is 4.74 Å². The molecule has 1 aromatic heterocycles. The molecule has 0 spiro atoms. The third kappa shape index (κ3) is 3.10. The number of nitrogens with zero attached hydrogens (tertiary/aromatic N) is 1. The molecule has 6 heteroatoms. The van der Waals surface area contributed by atoms with Crippen molar-refractivity contribution in [3.63, 3.8) is 0 Å². The van der Waals surface area contributed by atoms with Crippen LogP contribution in [0.1, 0.15) is 41.8 Å². The van der Waals surface area contributed by atoms with Crippen molar-refractivity contribution < 1.29 is 23.8 Å². The number of ether oxygens (including phenoxy) is 1. The van der Waals surface area contributed by atoms with Gasteiger partial charge in [0.25, 0.3) is 5.91 Å². The summed E-state index contributed by atoms with van der Waals surface area (Å²) in [5.41, 5.74) is 0.684. The quantitative estimate of drug-likeness (QED) is 0.829. The summed E-state index contributed by atoms with van der Waals surface area (Å²) in [7, 11) is 1.55. The molecule has 6 nitrogen and oxygen atoms in total. The Morgan fingerprint density at radius 2 is 2.00 bits per heavy atom. The number of carbonyl (C=O) groups is 2. The lowest BCUT2D eigenvalue weighted by Gasteiger charge is -2.23. The molecule has 1 amide bonds. The molecule has 1 aromatic carbocycles. The second kappa shape index (κ2) is 6.71. The van der Waals surface area contributed by atoms with Crippen molar-refractivity contribution in [2.75, 3.05) is 7.05 Å². The highest BCUT2D eigenvalue weighted by molar-refractivity contribution is 6.14.